The molecule has 16 heavy (non-hydrogen) atoms. The van der Waals surface area contributed by atoms with Crippen molar-refractivity contribution in [1.82, 2.24) is 20.1 Å². The van der Waals surface area contributed by atoms with Crippen LogP contribution in [0.15, 0.2) is 0 Å². The largest absolute Gasteiger partial charge is 0.453 e. The molecule has 2 rings (SSSR count). The van der Waals surface area contributed by atoms with Gasteiger partial charge in [-0.25, -0.2) is 9.67 Å². The molecule has 1 aromatic rings. The number of aryl methyl sites for hydroxylation is 1. The van der Waals surface area contributed by atoms with Crippen molar-refractivity contribution in [2.75, 3.05) is 13.6 Å². The fourth-order valence-corrected chi connectivity index (χ4v) is 1.95. The molecule has 0 fully saturated rings. The second-order valence-corrected chi connectivity index (χ2v) is 3.99. The van der Waals surface area contributed by atoms with E-state index in [1.807, 2.05) is 7.05 Å². The number of nitrogens with zero attached hydrogens (tertiary/aromatic N) is 3. The van der Waals surface area contributed by atoms with Gasteiger partial charge in [0.15, 0.2) is 0 Å². The zero-order chi connectivity index (χ0) is 11.8. The lowest BCUT2D eigenvalue weighted by atomic mass is 9.98. The molecule has 4 nitrogen and oxygen atoms in total. The SMILES string of the molecule is CNCC1CCn2nc(C(F)(F)F)nc2C1. The molecule has 0 amide bonds. The van der Waals surface area contributed by atoms with E-state index in [2.05, 4.69) is 15.4 Å². The van der Waals surface area contributed by atoms with Crippen LogP contribution in [0.1, 0.15) is 18.1 Å². The molecule has 2 heterocycles. The lowest BCUT2D eigenvalue weighted by Gasteiger charge is -2.21. The molecule has 1 aromatic heterocycles. The quantitative estimate of drug-likeness (QED) is 0.832. The topological polar surface area (TPSA) is 42.7 Å². The minimum Gasteiger partial charge on any atom is -0.319 e. The van der Waals surface area contributed by atoms with Crippen molar-refractivity contribution in [3.05, 3.63) is 11.6 Å². The van der Waals surface area contributed by atoms with Crippen LogP contribution in [-0.4, -0.2) is 28.4 Å². The number of nitrogens with one attached hydrogen (secondary N) is 1. The van der Waals surface area contributed by atoms with Crippen LogP contribution in [0.25, 0.3) is 0 Å². The van der Waals surface area contributed by atoms with Crippen LogP contribution < -0.4 is 5.32 Å². The number of fused-ring (bicyclic) bond motifs is 1. The van der Waals surface area contributed by atoms with Crippen molar-refractivity contribution in [2.45, 2.75) is 25.6 Å². The smallest absolute Gasteiger partial charge is 0.319 e. The first-order valence-corrected chi connectivity index (χ1v) is 5.16. The number of rotatable bonds is 2. The van der Waals surface area contributed by atoms with Crippen molar-refractivity contribution in [3.63, 3.8) is 0 Å². The van der Waals surface area contributed by atoms with Crippen molar-refractivity contribution < 1.29 is 13.2 Å². The molecule has 0 saturated heterocycles. The Labute approximate surface area is 90.9 Å². The molecule has 1 aliphatic rings. The Hall–Kier alpha value is -1.11. The van der Waals surface area contributed by atoms with E-state index in [9.17, 15) is 13.2 Å². The highest BCUT2D eigenvalue weighted by Crippen LogP contribution is 2.28. The van der Waals surface area contributed by atoms with Crippen LogP contribution in [-0.2, 0) is 19.1 Å². The van der Waals surface area contributed by atoms with Crippen molar-refractivity contribution in [2.24, 2.45) is 5.92 Å². The highest BCUT2D eigenvalue weighted by molar-refractivity contribution is 5.00. The van der Waals surface area contributed by atoms with E-state index >= 15 is 0 Å². The van der Waals surface area contributed by atoms with Crippen LogP contribution in [0, 0.1) is 5.92 Å². The molecular formula is C9H13F3N4. The zero-order valence-corrected chi connectivity index (χ0v) is 8.88. The first-order chi connectivity index (χ1) is 7.50. The van der Waals surface area contributed by atoms with Gasteiger partial charge in [-0.15, -0.1) is 5.10 Å². The average Bonchev–Trinajstić information content (AvgIpc) is 2.60. The molecule has 0 bridgehead atoms. The van der Waals surface area contributed by atoms with Gasteiger partial charge >= 0.3 is 6.18 Å². The lowest BCUT2D eigenvalue weighted by Crippen LogP contribution is -2.27. The van der Waals surface area contributed by atoms with Gasteiger partial charge in [-0.2, -0.15) is 13.2 Å². The van der Waals surface area contributed by atoms with E-state index in [1.165, 1.54) is 4.68 Å². The molecule has 1 N–H and O–H groups in total. The predicted molar refractivity (Wildman–Crippen MR) is 50.8 cm³/mol. The van der Waals surface area contributed by atoms with Gasteiger partial charge in [-0.3, -0.25) is 0 Å². The molecule has 0 saturated carbocycles. The first-order valence-electron chi connectivity index (χ1n) is 5.16. The van der Waals surface area contributed by atoms with Crippen LogP contribution in [0.4, 0.5) is 13.2 Å². The molecule has 0 radical (unpaired) electrons. The Morgan fingerprint density at radius 2 is 2.25 bits per heavy atom. The molecular weight excluding hydrogens is 221 g/mol. The Balaban J connectivity index is 2.17. The standard InChI is InChI=1S/C9H13F3N4/c1-13-5-6-2-3-16-7(4-6)14-8(15-16)9(10,11)12/h6,13H,2-5H2,1H3. The van der Waals surface area contributed by atoms with E-state index in [1.54, 1.807) is 0 Å². The van der Waals surface area contributed by atoms with Crippen molar-refractivity contribution >= 4 is 0 Å². The maximum atomic E-state index is 12.4. The number of aromatic nitrogens is 3. The fourth-order valence-electron chi connectivity index (χ4n) is 1.95. The van der Waals surface area contributed by atoms with Gasteiger partial charge in [0, 0.05) is 13.0 Å². The number of hydrogen-bond donors (Lipinski definition) is 1. The monoisotopic (exact) mass is 234 g/mol. The summed E-state index contributed by atoms with van der Waals surface area (Å²) in [5.74, 6) is -0.228. The van der Waals surface area contributed by atoms with Crippen LogP contribution in [0.5, 0.6) is 0 Å². The highest BCUT2D eigenvalue weighted by atomic mass is 19.4. The maximum Gasteiger partial charge on any atom is 0.453 e. The normalized spacial score (nSPS) is 20.9. The highest BCUT2D eigenvalue weighted by Gasteiger charge is 2.37. The molecule has 7 heteroatoms. The molecule has 1 atom stereocenters. The van der Waals surface area contributed by atoms with Gasteiger partial charge < -0.3 is 5.32 Å². The molecule has 90 valence electrons. The van der Waals surface area contributed by atoms with Crippen LogP contribution in [0.2, 0.25) is 0 Å². The summed E-state index contributed by atoms with van der Waals surface area (Å²) in [6.45, 7) is 1.32. The van der Waals surface area contributed by atoms with E-state index in [4.69, 9.17) is 0 Å². The Morgan fingerprint density at radius 3 is 2.88 bits per heavy atom. The number of alkyl halides is 3. The molecule has 1 aliphatic heterocycles. The van der Waals surface area contributed by atoms with Gasteiger partial charge in [-0.05, 0) is 25.9 Å². The van der Waals surface area contributed by atoms with Crippen LogP contribution in [0.3, 0.4) is 0 Å². The van der Waals surface area contributed by atoms with E-state index in [-0.39, 0.29) is 0 Å². The van der Waals surface area contributed by atoms with Crippen molar-refractivity contribution in [3.8, 4) is 0 Å². The van der Waals surface area contributed by atoms with Gasteiger partial charge in [0.2, 0.25) is 0 Å². The lowest BCUT2D eigenvalue weighted by molar-refractivity contribution is -0.145. The molecule has 0 spiro atoms. The summed E-state index contributed by atoms with van der Waals surface area (Å²) in [5.41, 5.74) is 0. The summed E-state index contributed by atoms with van der Waals surface area (Å²) < 4.78 is 38.5. The first kappa shape index (κ1) is 11.4. The Morgan fingerprint density at radius 1 is 1.50 bits per heavy atom. The fraction of sp³-hybridized carbons (Fsp3) is 0.778. The molecule has 0 aromatic carbocycles. The third-order valence-electron chi connectivity index (χ3n) is 2.72. The predicted octanol–water partition coefficient (Wildman–Crippen LogP) is 1.08. The number of halogens is 3. The van der Waals surface area contributed by atoms with Gasteiger partial charge in [0.1, 0.15) is 5.82 Å². The second kappa shape index (κ2) is 4.04. The zero-order valence-electron chi connectivity index (χ0n) is 8.88. The minimum absolute atomic E-state index is 0.350. The Bertz CT molecular complexity index is 371. The molecule has 0 aliphatic carbocycles. The molecule has 1 unspecified atom stereocenters. The second-order valence-electron chi connectivity index (χ2n) is 3.99. The summed E-state index contributed by atoms with van der Waals surface area (Å²) in [7, 11) is 1.83. The Kier molecular flexibility index (Phi) is 2.88. The average molecular weight is 234 g/mol. The maximum absolute atomic E-state index is 12.4. The minimum atomic E-state index is -4.44. The summed E-state index contributed by atoms with van der Waals surface area (Å²) in [6.07, 6.45) is -3.04. The van der Waals surface area contributed by atoms with Gasteiger partial charge in [-0.1, -0.05) is 0 Å². The van der Waals surface area contributed by atoms with Gasteiger partial charge in [0.05, 0.1) is 0 Å². The third-order valence-corrected chi connectivity index (χ3v) is 2.72. The summed E-state index contributed by atoms with van der Waals surface area (Å²) in [5, 5.41) is 6.50. The van der Waals surface area contributed by atoms with Crippen LogP contribution >= 0.6 is 0 Å². The van der Waals surface area contributed by atoms with E-state index in [0.29, 0.717) is 24.7 Å². The van der Waals surface area contributed by atoms with E-state index < -0.39 is 12.0 Å². The van der Waals surface area contributed by atoms with Gasteiger partial charge in [0.25, 0.3) is 5.82 Å². The van der Waals surface area contributed by atoms with Crippen molar-refractivity contribution in [1.29, 1.82) is 0 Å². The van der Waals surface area contributed by atoms with E-state index in [0.717, 1.165) is 13.0 Å². The summed E-state index contributed by atoms with van der Waals surface area (Å²) in [6, 6.07) is 0. The summed E-state index contributed by atoms with van der Waals surface area (Å²) in [4.78, 5) is 3.55. The number of hydrogen-bond acceptors (Lipinski definition) is 3. The summed E-state index contributed by atoms with van der Waals surface area (Å²) >= 11 is 0. The third kappa shape index (κ3) is 2.18.